The fourth-order valence-corrected chi connectivity index (χ4v) is 3.55. The summed E-state index contributed by atoms with van der Waals surface area (Å²) in [6, 6.07) is 2.52. The number of hydrogen-bond acceptors (Lipinski definition) is 2. The number of nitrogens with one attached hydrogen (secondary N) is 1. The van der Waals surface area contributed by atoms with E-state index >= 15 is 0 Å². The fourth-order valence-electron chi connectivity index (χ4n) is 3.55. The van der Waals surface area contributed by atoms with Gasteiger partial charge in [-0.15, -0.1) is 0 Å². The molecule has 0 aromatic rings. The van der Waals surface area contributed by atoms with E-state index in [0.29, 0.717) is 0 Å². The first-order valence-electron chi connectivity index (χ1n) is 8.36. The summed E-state index contributed by atoms with van der Waals surface area (Å²) in [7, 11) is 0. The predicted octanol–water partition coefficient (Wildman–Crippen LogP) is 3.56. The minimum Gasteiger partial charge on any atom is -0.313 e. The number of nitrogens with zero attached hydrogens (tertiary/aromatic N) is 1. The lowest BCUT2D eigenvalue weighted by molar-refractivity contribution is 0.138. The molecular weight excluding hydrogens is 220 g/mol. The van der Waals surface area contributed by atoms with Crippen molar-refractivity contribution in [3.05, 3.63) is 0 Å². The number of rotatable bonds is 7. The van der Waals surface area contributed by atoms with Gasteiger partial charge < -0.3 is 5.32 Å². The maximum Gasteiger partial charge on any atom is 0.0252 e. The van der Waals surface area contributed by atoms with Gasteiger partial charge in [-0.3, -0.25) is 4.90 Å². The Morgan fingerprint density at radius 1 is 1.00 bits per heavy atom. The van der Waals surface area contributed by atoms with Crippen molar-refractivity contribution in [1.82, 2.24) is 10.2 Å². The molecule has 2 unspecified atom stereocenters. The molecule has 2 heteroatoms. The van der Waals surface area contributed by atoms with Crippen molar-refractivity contribution in [3.8, 4) is 0 Å². The van der Waals surface area contributed by atoms with E-state index < -0.39 is 0 Å². The van der Waals surface area contributed by atoms with Crippen LogP contribution in [0, 0.1) is 0 Å². The number of likely N-dealkylation sites (N-methyl/N-ethyl adjacent to an activating group) is 1. The summed E-state index contributed by atoms with van der Waals surface area (Å²) in [4.78, 5) is 2.88. The molecule has 0 bridgehead atoms. The average Bonchev–Trinajstić information content (AvgIpc) is 3.19. The van der Waals surface area contributed by atoms with Gasteiger partial charge in [0, 0.05) is 18.1 Å². The SMILES string of the molecule is CCCCN(C1CC1)C1CCCCCC1NCC. The van der Waals surface area contributed by atoms with Crippen LogP contribution in [0.25, 0.3) is 0 Å². The van der Waals surface area contributed by atoms with Crippen molar-refractivity contribution < 1.29 is 0 Å². The largest absolute Gasteiger partial charge is 0.313 e. The van der Waals surface area contributed by atoms with Gasteiger partial charge in [-0.1, -0.05) is 39.5 Å². The van der Waals surface area contributed by atoms with E-state index in [9.17, 15) is 0 Å². The Labute approximate surface area is 114 Å². The minimum atomic E-state index is 0.759. The highest BCUT2D eigenvalue weighted by atomic mass is 15.2. The highest BCUT2D eigenvalue weighted by molar-refractivity contribution is 4.94. The van der Waals surface area contributed by atoms with Crippen molar-refractivity contribution in [2.75, 3.05) is 13.1 Å². The van der Waals surface area contributed by atoms with Crippen LogP contribution in [0.4, 0.5) is 0 Å². The van der Waals surface area contributed by atoms with Gasteiger partial charge in [-0.2, -0.15) is 0 Å². The van der Waals surface area contributed by atoms with Crippen LogP contribution < -0.4 is 5.32 Å². The standard InChI is InChI=1S/C16H32N2/c1-3-5-13-18(14-11-12-14)16-10-8-6-7-9-15(16)17-4-2/h14-17H,3-13H2,1-2H3. The van der Waals surface area contributed by atoms with Crippen LogP contribution in [0.2, 0.25) is 0 Å². The van der Waals surface area contributed by atoms with Gasteiger partial charge in [-0.25, -0.2) is 0 Å². The van der Waals surface area contributed by atoms with Crippen LogP contribution >= 0.6 is 0 Å². The van der Waals surface area contributed by atoms with E-state index in [4.69, 9.17) is 0 Å². The topological polar surface area (TPSA) is 15.3 Å². The minimum absolute atomic E-state index is 0.759. The molecule has 2 fully saturated rings. The van der Waals surface area contributed by atoms with Gasteiger partial charge in [-0.05, 0) is 45.2 Å². The van der Waals surface area contributed by atoms with Crippen molar-refractivity contribution in [2.24, 2.45) is 0 Å². The Hall–Kier alpha value is -0.0800. The molecule has 2 rings (SSSR count). The zero-order valence-electron chi connectivity index (χ0n) is 12.5. The molecule has 2 aliphatic rings. The Kier molecular flexibility index (Phi) is 5.97. The van der Waals surface area contributed by atoms with Gasteiger partial charge >= 0.3 is 0 Å². The quantitative estimate of drug-likeness (QED) is 0.697. The van der Waals surface area contributed by atoms with E-state index in [1.807, 2.05) is 0 Å². The second-order valence-corrected chi connectivity index (χ2v) is 6.19. The molecule has 0 spiro atoms. The number of hydrogen-bond donors (Lipinski definition) is 1. The molecule has 0 aromatic heterocycles. The molecule has 2 saturated carbocycles. The lowest BCUT2D eigenvalue weighted by atomic mass is 10.00. The zero-order valence-corrected chi connectivity index (χ0v) is 12.5. The first-order valence-corrected chi connectivity index (χ1v) is 8.36. The van der Waals surface area contributed by atoms with Crippen molar-refractivity contribution in [2.45, 2.75) is 89.8 Å². The highest BCUT2D eigenvalue weighted by Crippen LogP contribution is 2.33. The van der Waals surface area contributed by atoms with Crippen molar-refractivity contribution in [3.63, 3.8) is 0 Å². The first-order chi connectivity index (χ1) is 8.86. The molecule has 0 aliphatic heterocycles. The Balaban J connectivity index is 1.98. The second-order valence-electron chi connectivity index (χ2n) is 6.19. The van der Waals surface area contributed by atoms with Crippen LogP contribution in [-0.4, -0.2) is 36.1 Å². The summed E-state index contributed by atoms with van der Waals surface area (Å²) in [5.41, 5.74) is 0. The van der Waals surface area contributed by atoms with Crippen molar-refractivity contribution in [1.29, 1.82) is 0 Å². The summed E-state index contributed by atoms with van der Waals surface area (Å²) in [5.74, 6) is 0. The Bertz CT molecular complexity index is 225. The van der Waals surface area contributed by atoms with Crippen LogP contribution in [0.3, 0.4) is 0 Å². The highest BCUT2D eigenvalue weighted by Gasteiger charge is 2.37. The molecule has 0 saturated heterocycles. The first kappa shape index (κ1) is 14.3. The lowest BCUT2D eigenvalue weighted by Crippen LogP contribution is -2.50. The summed E-state index contributed by atoms with van der Waals surface area (Å²) in [6.45, 7) is 7.05. The average molecular weight is 252 g/mol. The summed E-state index contributed by atoms with van der Waals surface area (Å²) < 4.78 is 0. The molecule has 0 aromatic carbocycles. The van der Waals surface area contributed by atoms with E-state index in [1.165, 1.54) is 64.3 Å². The van der Waals surface area contributed by atoms with Crippen LogP contribution in [0.1, 0.15) is 71.6 Å². The molecule has 18 heavy (non-hydrogen) atoms. The van der Waals surface area contributed by atoms with Crippen LogP contribution in [0.5, 0.6) is 0 Å². The molecule has 106 valence electrons. The van der Waals surface area contributed by atoms with E-state index in [2.05, 4.69) is 24.1 Å². The summed E-state index contributed by atoms with van der Waals surface area (Å²) in [6.07, 6.45) is 12.8. The molecule has 0 amide bonds. The van der Waals surface area contributed by atoms with Gasteiger partial charge in [0.2, 0.25) is 0 Å². The third-order valence-corrected chi connectivity index (χ3v) is 4.66. The molecular formula is C16H32N2. The smallest absolute Gasteiger partial charge is 0.0252 e. The van der Waals surface area contributed by atoms with Crippen molar-refractivity contribution >= 4 is 0 Å². The maximum atomic E-state index is 3.77. The predicted molar refractivity (Wildman–Crippen MR) is 79.0 cm³/mol. The maximum absolute atomic E-state index is 3.77. The van der Waals surface area contributed by atoms with Gasteiger partial charge in [0.15, 0.2) is 0 Å². The van der Waals surface area contributed by atoms with Crippen LogP contribution in [-0.2, 0) is 0 Å². The lowest BCUT2D eigenvalue weighted by Gasteiger charge is -2.37. The Morgan fingerprint density at radius 3 is 2.44 bits per heavy atom. The van der Waals surface area contributed by atoms with Gasteiger partial charge in [0.1, 0.15) is 0 Å². The summed E-state index contributed by atoms with van der Waals surface area (Å²) in [5, 5.41) is 3.77. The normalized spacial score (nSPS) is 29.5. The molecule has 2 aliphatic carbocycles. The molecule has 2 atom stereocenters. The molecule has 0 heterocycles. The molecule has 2 nitrogen and oxygen atoms in total. The molecule has 1 N–H and O–H groups in total. The van der Waals surface area contributed by atoms with Crippen LogP contribution in [0.15, 0.2) is 0 Å². The Morgan fingerprint density at radius 2 is 1.78 bits per heavy atom. The molecule has 0 radical (unpaired) electrons. The summed E-state index contributed by atoms with van der Waals surface area (Å²) >= 11 is 0. The second kappa shape index (κ2) is 7.49. The number of unbranched alkanes of at least 4 members (excludes halogenated alkanes) is 1. The van der Waals surface area contributed by atoms with E-state index in [1.54, 1.807) is 0 Å². The third-order valence-electron chi connectivity index (χ3n) is 4.66. The van der Waals surface area contributed by atoms with E-state index in [0.717, 1.165) is 24.7 Å². The van der Waals surface area contributed by atoms with Gasteiger partial charge in [0.05, 0.1) is 0 Å². The van der Waals surface area contributed by atoms with Gasteiger partial charge in [0.25, 0.3) is 0 Å². The monoisotopic (exact) mass is 252 g/mol. The van der Waals surface area contributed by atoms with E-state index in [-0.39, 0.29) is 0 Å². The third kappa shape index (κ3) is 3.96. The fraction of sp³-hybridized carbons (Fsp3) is 1.00. The zero-order chi connectivity index (χ0) is 12.8.